The Labute approximate surface area is 118 Å². The highest BCUT2D eigenvalue weighted by atomic mass is 35.5. The molecule has 0 saturated heterocycles. The van der Waals surface area contributed by atoms with Gasteiger partial charge in [0.2, 0.25) is 0 Å². The van der Waals surface area contributed by atoms with Gasteiger partial charge in [-0.25, -0.2) is 8.78 Å². The standard InChI is InChI=1S/C13H9ClF2N2O2/c14-9-3-1-8(2-4-9)7-17-13-11(16)5-10(15)6-12(13)18(19)20/h1-6,17H,7H2. The zero-order chi connectivity index (χ0) is 14.7. The summed E-state index contributed by atoms with van der Waals surface area (Å²) < 4.78 is 26.6. The summed E-state index contributed by atoms with van der Waals surface area (Å²) in [7, 11) is 0. The Hall–Kier alpha value is -2.21. The Balaban J connectivity index is 2.24. The van der Waals surface area contributed by atoms with Gasteiger partial charge in [-0.15, -0.1) is 0 Å². The van der Waals surface area contributed by atoms with E-state index < -0.39 is 22.2 Å². The number of nitro groups is 1. The van der Waals surface area contributed by atoms with E-state index in [1.54, 1.807) is 24.3 Å². The first kappa shape index (κ1) is 14.2. The summed E-state index contributed by atoms with van der Waals surface area (Å²) in [5.74, 6) is -2.00. The maximum atomic E-state index is 13.6. The van der Waals surface area contributed by atoms with E-state index in [1.807, 2.05) is 0 Å². The highest BCUT2D eigenvalue weighted by Crippen LogP contribution is 2.29. The SMILES string of the molecule is O=[N+]([O-])c1cc(F)cc(F)c1NCc1ccc(Cl)cc1. The lowest BCUT2D eigenvalue weighted by Gasteiger charge is -2.08. The van der Waals surface area contributed by atoms with Crippen LogP contribution in [0.25, 0.3) is 0 Å². The van der Waals surface area contributed by atoms with Gasteiger partial charge in [0, 0.05) is 17.6 Å². The van der Waals surface area contributed by atoms with Crippen LogP contribution in [0.4, 0.5) is 20.2 Å². The molecule has 104 valence electrons. The molecule has 0 fully saturated rings. The molecule has 7 heteroatoms. The van der Waals surface area contributed by atoms with Crippen molar-refractivity contribution in [2.45, 2.75) is 6.54 Å². The molecule has 0 heterocycles. The summed E-state index contributed by atoms with van der Waals surface area (Å²) in [5.41, 5.74) is -0.227. The molecule has 20 heavy (non-hydrogen) atoms. The lowest BCUT2D eigenvalue weighted by molar-refractivity contribution is -0.384. The van der Waals surface area contributed by atoms with E-state index in [0.29, 0.717) is 17.2 Å². The van der Waals surface area contributed by atoms with E-state index in [0.717, 1.165) is 5.56 Å². The zero-order valence-corrected chi connectivity index (χ0v) is 10.8. The average Bonchev–Trinajstić information content (AvgIpc) is 2.38. The van der Waals surface area contributed by atoms with Gasteiger partial charge in [-0.2, -0.15) is 0 Å². The van der Waals surface area contributed by atoms with Crippen LogP contribution in [-0.4, -0.2) is 4.92 Å². The van der Waals surface area contributed by atoms with Gasteiger partial charge in [0.1, 0.15) is 11.5 Å². The zero-order valence-electron chi connectivity index (χ0n) is 10.1. The van der Waals surface area contributed by atoms with Gasteiger partial charge >= 0.3 is 0 Å². The molecule has 2 rings (SSSR count). The first-order valence-electron chi connectivity index (χ1n) is 5.59. The second-order valence-electron chi connectivity index (χ2n) is 4.02. The Morgan fingerprint density at radius 1 is 1.20 bits per heavy atom. The molecule has 0 saturated carbocycles. The second kappa shape index (κ2) is 5.83. The van der Waals surface area contributed by atoms with E-state index >= 15 is 0 Å². The highest BCUT2D eigenvalue weighted by molar-refractivity contribution is 6.30. The van der Waals surface area contributed by atoms with Crippen molar-refractivity contribution in [2.75, 3.05) is 5.32 Å². The minimum absolute atomic E-state index is 0.153. The normalized spacial score (nSPS) is 10.3. The van der Waals surface area contributed by atoms with E-state index in [4.69, 9.17) is 11.6 Å². The molecule has 0 aliphatic rings. The molecule has 2 aromatic carbocycles. The molecule has 0 atom stereocenters. The van der Waals surface area contributed by atoms with E-state index in [9.17, 15) is 18.9 Å². The van der Waals surface area contributed by atoms with Crippen LogP contribution in [0.3, 0.4) is 0 Å². The van der Waals surface area contributed by atoms with Crippen molar-refractivity contribution in [3.05, 3.63) is 68.7 Å². The fourth-order valence-electron chi connectivity index (χ4n) is 1.67. The lowest BCUT2D eigenvalue weighted by atomic mass is 10.2. The summed E-state index contributed by atoms with van der Waals surface area (Å²) in [6.07, 6.45) is 0. The molecule has 4 nitrogen and oxygen atoms in total. The predicted molar refractivity (Wildman–Crippen MR) is 71.8 cm³/mol. The molecule has 0 aromatic heterocycles. The molecule has 0 unspecified atom stereocenters. The summed E-state index contributed by atoms with van der Waals surface area (Å²) >= 11 is 5.73. The minimum atomic E-state index is -1.01. The molecule has 0 spiro atoms. The first-order valence-corrected chi connectivity index (χ1v) is 5.97. The van der Waals surface area contributed by atoms with Crippen LogP contribution in [-0.2, 0) is 6.54 Å². The van der Waals surface area contributed by atoms with Crippen molar-refractivity contribution in [1.82, 2.24) is 0 Å². The second-order valence-corrected chi connectivity index (χ2v) is 4.46. The number of nitro benzene ring substituents is 1. The van der Waals surface area contributed by atoms with Crippen molar-refractivity contribution in [3.63, 3.8) is 0 Å². The molecule has 0 aliphatic carbocycles. The number of rotatable bonds is 4. The summed E-state index contributed by atoms with van der Waals surface area (Å²) in [6.45, 7) is 0.153. The summed E-state index contributed by atoms with van der Waals surface area (Å²) in [5, 5.41) is 13.9. The van der Waals surface area contributed by atoms with Crippen LogP contribution >= 0.6 is 11.6 Å². The monoisotopic (exact) mass is 298 g/mol. The van der Waals surface area contributed by atoms with E-state index in [2.05, 4.69) is 5.32 Å². The Kier molecular flexibility index (Phi) is 4.14. The van der Waals surface area contributed by atoms with Crippen molar-refractivity contribution < 1.29 is 13.7 Å². The predicted octanol–water partition coefficient (Wildman–Crippen LogP) is 4.14. The molecular weight excluding hydrogens is 290 g/mol. The topological polar surface area (TPSA) is 55.2 Å². The summed E-state index contributed by atoms with van der Waals surface area (Å²) in [4.78, 5) is 9.96. The third-order valence-electron chi connectivity index (χ3n) is 2.61. The van der Waals surface area contributed by atoms with Gasteiger partial charge in [-0.05, 0) is 17.7 Å². The van der Waals surface area contributed by atoms with Gasteiger partial charge in [0.15, 0.2) is 5.82 Å². The smallest absolute Gasteiger partial charge is 0.298 e. The quantitative estimate of drug-likeness (QED) is 0.682. The van der Waals surface area contributed by atoms with Gasteiger partial charge in [-0.3, -0.25) is 10.1 Å². The number of anilines is 1. The van der Waals surface area contributed by atoms with Crippen molar-refractivity contribution >= 4 is 23.0 Å². The molecule has 0 bridgehead atoms. The fourth-order valence-corrected chi connectivity index (χ4v) is 1.80. The number of hydrogen-bond donors (Lipinski definition) is 1. The fraction of sp³-hybridized carbons (Fsp3) is 0.0769. The maximum absolute atomic E-state index is 13.6. The third kappa shape index (κ3) is 3.21. The Bertz CT molecular complexity index is 648. The molecule has 0 amide bonds. The van der Waals surface area contributed by atoms with Gasteiger partial charge in [0.05, 0.1) is 11.0 Å². The Morgan fingerprint density at radius 2 is 1.85 bits per heavy atom. The molecule has 2 aromatic rings. The van der Waals surface area contributed by atoms with Gasteiger partial charge in [-0.1, -0.05) is 23.7 Å². The maximum Gasteiger partial charge on any atom is 0.298 e. The van der Waals surface area contributed by atoms with Crippen LogP contribution in [0.15, 0.2) is 36.4 Å². The van der Waals surface area contributed by atoms with Crippen LogP contribution < -0.4 is 5.32 Å². The minimum Gasteiger partial charge on any atom is -0.373 e. The highest BCUT2D eigenvalue weighted by Gasteiger charge is 2.20. The average molecular weight is 299 g/mol. The molecule has 0 aliphatic heterocycles. The number of halogens is 3. The van der Waals surface area contributed by atoms with Crippen molar-refractivity contribution in [3.8, 4) is 0 Å². The Morgan fingerprint density at radius 3 is 2.45 bits per heavy atom. The van der Waals surface area contributed by atoms with Crippen LogP contribution in [0, 0.1) is 21.7 Å². The number of nitrogens with zero attached hydrogens (tertiary/aromatic N) is 1. The van der Waals surface area contributed by atoms with Crippen LogP contribution in [0.5, 0.6) is 0 Å². The largest absolute Gasteiger partial charge is 0.373 e. The number of benzene rings is 2. The van der Waals surface area contributed by atoms with Crippen LogP contribution in [0.2, 0.25) is 5.02 Å². The number of nitrogens with one attached hydrogen (secondary N) is 1. The third-order valence-corrected chi connectivity index (χ3v) is 2.87. The number of hydrogen-bond acceptors (Lipinski definition) is 3. The summed E-state index contributed by atoms with van der Waals surface area (Å²) in [6, 6.07) is 7.96. The van der Waals surface area contributed by atoms with Gasteiger partial charge in [0.25, 0.3) is 5.69 Å². The van der Waals surface area contributed by atoms with E-state index in [-0.39, 0.29) is 12.2 Å². The van der Waals surface area contributed by atoms with Crippen LogP contribution in [0.1, 0.15) is 5.56 Å². The van der Waals surface area contributed by atoms with Crippen molar-refractivity contribution in [2.24, 2.45) is 0 Å². The molecule has 0 radical (unpaired) electrons. The van der Waals surface area contributed by atoms with Crippen molar-refractivity contribution in [1.29, 1.82) is 0 Å². The van der Waals surface area contributed by atoms with E-state index in [1.165, 1.54) is 0 Å². The molecule has 1 N–H and O–H groups in total. The first-order chi connectivity index (χ1) is 9.47. The lowest BCUT2D eigenvalue weighted by Crippen LogP contribution is -2.05. The molecular formula is C13H9ClF2N2O2. The van der Waals surface area contributed by atoms with Gasteiger partial charge < -0.3 is 5.32 Å².